The Bertz CT molecular complexity index is 751. The number of ether oxygens (including phenoxy) is 1. The van der Waals surface area contributed by atoms with E-state index in [-0.39, 0.29) is 11.8 Å². The summed E-state index contributed by atoms with van der Waals surface area (Å²) in [6, 6.07) is 10.1. The number of hydrogen-bond donors (Lipinski definition) is 1. The molecule has 132 valence electrons. The molecule has 3 rings (SSSR count). The molecule has 1 atom stereocenters. The SMILES string of the molecule is CCc1ccc(C(=O)N2CCCC2C(=O)Nc2ccc(OC)cc2)o1. The van der Waals surface area contributed by atoms with Crippen LogP contribution in [0.2, 0.25) is 0 Å². The Labute approximate surface area is 146 Å². The fourth-order valence-corrected chi connectivity index (χ4v) is 3.01. The van der Waals surface area contributed by atoms with Gasteiger partial charge in [-0.25, -0.2) is 0 Å². The van der Waals surface area contributed by atoms with Crippen molar-refractivity contribution >= 4 is 17.5 Å². The summed E-state index contributed by atoms with van der Waals surface area (Å²) in [5, 5.41) is 2.87. The van der Waals surface area contributed by atoms with Crippen molar-refractivity contribution in [3.63, 3.8) is 0 Å². The highest BCUT2D eigenvalue weighted by molar-refractivity contribution is 6.00. The number of hydrogen-bond acceptors (Lipinski definition) is 4. The molecule has 0 spiro atoms. The van der Waals surface area contributed by atoms with Gasteiger partial charge in [-0.15, -0.1) is 0 Å². The largest absolute Gasteiger partial charge is 0.497 e. The van der Waals surface area contributed by atoms with Gasteiger partial charge in [-0.05, 0) is 49.2 Å². The first-order valence-electron chi connectivity index (χ1n) is 8.47. The maximum absolute atomic E-state index is 12.7. The molecular weight excluding hydrogens is 320 g/mol. The van der Waals surface area contributed by atoms with Gasteiger partial charge in [-0.3, -0.25) is 9.59 Å². The zero-order valence-corrected chi connectivity index (χ0v) is 14.5. The molecule has 1 fully saturated rings. The van der Waals surface area contributed by atoms with E-state index in [1.54, 1.807) is 48.4 Å². The maximum Gasteiger partial charge on any atom is 0.290 e. The van der Waals surface area contributed by atoms with Gasteiger partial charge >= 0.3 is 0 Å². The fraction of sp³-hybridized carbons (Fsp3) is 0.368. The van der Waals surface area contributed by atoms with Crippen LogP contribution in [0, 0.1) is 0 Å². The molecular formula is C19H22N2O4. The number of anilines is 1. The zero-order valence-electron chi connectivity index (χ0n) is 14.5. The van der Waals surface area contributed by atoms with Crippen LogP contribution in [0.25, 0.3) is 0 Å². The van der Waals surface area contributed by atoms with Crippen LogP contribution in [0.3, 0.4) is 0 Å². The number of aryl methyl sites for hydroxylation is 1. The number of carbonyl (C=O) groups excluding carboxylic acids is 2. The molecule has 1 aromatic heterocycles. The number of carbonyl (C=O) groups is 2. The standard InChI is InChI=1S/C19H22N2O4/c1-3-14-10-11-17(25-14)19(23)21-12-4-5-16(21)18(22)20-13-6-8-15(24-2)9-7-13/h6-11,16H,3-5,12H2,1-2H3,(H,20,22). The van der Waals surface area contributed by atoms with E-state index < -0.39 is 6.04 Å². The summed E-state index contributed by atoms with van der Waals surface area (Å²) in [6.45, 7) is 2.52. The van der Waals surface area contributed by atoms with Crippen LogP contribution >= 0.6 is 0 Å². The first-order chi connectivity index (χ1) is 12.1. The summed E-state index contributed by atoms with van der Waals surface area (Å²) in [5.41, 5.74) is 0.677. The van der Waals surface area contributed by atoms with Crippen LogP contribution in [0.5, 0.6) is 5.75 Å². The van der Waals surface area contributed by atoms with Crippen molar-refractivity contribution in [2.75, 3.05) is 19.0 Å². The molecule has 2 heterocycles. The van der Waals surface area contributed by atoms with Gasteiger partial charge < -0.3 is 19.4 Å². The second kappa shape index (κ2) is 7.42. The molecule has 2 amide bonds. The fourth-order valence-electron chi connectivity index (χ4n) is 3.01. The van der Waals surface area contributed by atoms with E-state index in [0.717, 1.165) is 24.4 Å². The van der Waals surface area contributed by atoms with Crippen LogP contribution in [0.4, 0.5) is 5.69 Å². The molecule has 1 aliphatic rings. The molecule has 1 saturated heterocycles. The molecule has 25 heavy (non-hydrogen) atoms. The van der Waals surface area contributed by atoms with Crippen LogP contribution < -0.4 is 10.1 Å². The van der Waals surface area contributed by atoms with Crippen molar-refractivity contribution in [1.82, 2.24) is 4.90 Å². The van der Waals surface area contributed by atoms with E-state index in [2.05, 4.69) is 5.32 Å². The number of furan rings is 1. The van der Waals surface area contributed by atoms with Gasteiger partial charge in [0.1, 0.15) is 17.6 Å². The van der Waals surface area contributed by atoms with Gasteiger partial charge in [0, 0.05) is 18.7 Å². The molecule has 1 N–H and O–H groups in total. The van der Waals surface area contributed by atoms with E-state index in [1.807, 2.05) is 6.92 Å². The number of nitrogens with zero attached hydrogens (tertiary/aromatic N) is 1. The van der Waals surface area contributed by atoms with E-state index in [0.29, 0.717) is 24.4 Å². The van der Waals surface area contributed by atoms with Gasteiger partial charge in [0.2, 0.25) is 5.91 Å². The topological polar surface area (TPSA) is 71.8 Å². The van der Waals surface area contributed by atoms with Crippen molar-refractivity contribution in [2.24, 2.45) is 0 Å². The molecule has 0 radical (unpaired) electrons. The van der Waals surface area contributed by atoms with Crippen molar-refractivity contribution in [3.05, 3.63) is 47.9 Å². The van der Waals surface area contributed by atoms with Gasteiger partial charge in [0.15, 0.2) is 5.76 Å². The van der Waals surface area contributed by atoms with E-state index in [4.69, 9.17) is 9.15 Å². The lowest BCUT2D eigenvalue weighted by atomic mass is 10.2. The quantitative estimate of drug-likeness (QED) is 0.906. The monoisotopic (exact) mass is 342 g/mol. The predicted molar refractivity (Wildman–Crippen MR) is 93.8 cm³/mol. The van der Waals surface area contributed by atoms with E-state index in [9.17, 15) is 9.59 Å². The number of rotatable bonds is 5. The lowest BCUT2D eigenvalue weighted by Crippen LogP contribution is -2.43. The Kier molecular flexibility index (Phi) is 5.07. The molecule has 1 aromatic carbocycles. The number of likely N-dealkylation sites (tertiary alicyclic amines) is 1. The third kappa shape index (κ3) is 3.68. The minimum atomic E-state index is -0.482. The van der Waals surface area contributed by atoms with E-state index in [1.165, 1.54) is 0 Å². The summed E-state index contributed by atoms with van der Waals surface area (Å²) in [4.78, 5) is 26.9. The third-order valence-electron chi connectivity index (χ3n) is 4.39. The van der Waals surface area contributed by atoms with Gasteiger partial charge in [0.05, 0.1) is 7.11 Å². The summed E-state index contributed by atoms with van der Waals surface area (Å²) < 4.78 is 10.6. The van der Waals surface area contributed by atoms with Gasteiger partial charge in [-0.2, -0.15) is 0 Å². The normalized spacial score (nSPS) is 16.7. The molecule has 0 aliphatic carbocycles. The molecule has 2 aromatic rings. The third-order valence-corrected chi connectivity index (χ3v) is 4.39. The maximum atomic E-state index is 12.7. The highest BCUT2D eigenvalue weighted by atomic mass is 16.5. The summed E-state index contributed by atoms with van der Waals surface area (Å²) in [7, 11) is 1.59. The van der Waals surface area contributed by atoms with E-state index >= 15 is 0 Å². The number of amides is 2. The van der Waals surface area contributed by atoms with Crippen LogP contribution in [0.1, 0.15) is 36.1 Å². The molecule has 0 bridgehead atoms. The minimum absolute atomic E-state index is 0.182. The second-order valence-electron chi connectivity index (χ2n) is 5.99. The minimum Gasteiger partial charge on any atom is -0.497 e. The Balaban J connectivity index is 1.69. The van der Waals surface area contributed by atoms with Crippen molar-refractivity contribution in [1.29, 1.82) is 0 Å². The number of methoxy groups -OCH3 is 1. The summed E-state index contributed by atoms with van der Waals surface area (Å²) >= 11 is 0. The Morgan fingerprint density at radius 3 is 2.64 bits per heavy atom. The average Bonchev–Trinajstić information content (AvgIpc) is 3.31. The lowest BCUT2D eigenvalue weighted by Gasteiger charge is -2.23. The first-order valence-corrected chi connectivity index (χ1v) is 8.47. The smallest absolute Gasteiger partial charge is 0.290 e. The number of benzene rings is 1. The molecule has 6 heteroatoms. The van der Waals surface area contributed by atoms with Crippen LogP contribution in [0.15, 0.2) is 40.8 Å². The van der Waals surface area contributed by atoms with Gasteiger partial charge in [-0.1, -0.05) is 6.92 Å². The molecule has 6 nitrogen and oxygen atoms in total. The molecule has 1 aliphatic heterocycles. The van der Waals surface area contributed by atoms with Crippen LogP contribution in [-0.4, -0.2) is 36.4 Å². The predicted octanol–water partition coefficient (Wildman–Crippen LogP) is 3.09. The summed E-state index contributed by atoms with van der Waals surface area (Å²) in [5.74, 6) is 1.37. The molecule has 0 saturated carbocycles. The highest BCUT2D eigenvalue weighted by Crippen LogP contribution is 2.23. The van der Waals surface area contributed by atoms with Crippen LogP contribution in [-0.2, 0) is 11.2 Å². The first kappa shape index (κ1) is 17.1. The van der Waals surface area contributed by atoms with Crippen molar-refractivity contribution < 1.29 is 18.7 Å². The Hall–Kier alpha value is -2.76. The summed E-state index contributed by atoms with van der Waals surface area (Å²) in [6.07, 6.45) is 2.18. The Morgan fingerprint density at radius 1 is 1.24 bits per heavy atom. The number of nitrogens with one attached hydrogen (secondary N) is 1. The average molecular weight is 342 g/mol. The van der Waals surface area contributed by atoms with Gasteiger partial charge in [0.25, 0.3) is 5.91 Å². The second-order valence-corrected chi connectivity index (χ2v) is 5.99. The lowest BCUT2D eigenvalue weighted by molar-refractivity contribution is -0.119. The van der Waals surface area contributed by atoms with Crippen molar-refractivity contribution in [2.45, 2.75) is 32.2 Å². The highest BCUT2D eigenvalue weighted by Gasteiger charge is 2.35. The molecule has 1 unspecified atom stereocenters. The zero-order chi connectivity index (χ0) is 17.8. The van der Waals surface area contributed by atoms with Crippen molar-refractivity contribution in [3.8, 4) is 5.75 Å². The Morgan fingerprint density at radius 2 is 2.00 bits per heavy atom.